The minimum Gasteiger partial charge on any atom is -0.311 e. The van der Waals surface area contributed by atoms with Crippen LogP contribution in [-0.4, -0.2) is 0 Å². The van der Waals surface area contributed by atoms with E-state index in [1.54, 1.807) is 0 Å². The molecule has 37 heavy (non-hydrogen) atoms. The van der Waals surface area contributed by atoms with E-state index in [9.17, 15) is 0 Å². The van der Waals surface area contributed by atoms with E-state index in [0.717, 1.165) is 33.8 Å². The van der Waals surface area contributed by atoms with Gasteiger partial charge in [0.05, 0.1) is 0 Å². The summed E-state index contributed by atoms with van der Waals surface area (Å²) in [5, 5.41) is 0. The average Bonchev–Trinajstić information content (AvgIpc) is 3.09. The Morgan fingerprint density at radius 3 is 1.35 bits per heavy atom. The summed E-state index contributed by atoms with van der Waals surface area (Å²) in [6, 6.07) is 43.1. The van der Waals surface area contributed by atoms with E-state index in [-0.39, 0.29) is 0 Å². The number of nitrogens with zero attached hydrogens (tertiary/aromatic N) is 1. The molecule has 0 aromatic heterocycles. The minimum absolute atomic E-state index is 1.06. The topological polar surface area (TPSA) is 3.24 Å². The number of hydrogen-bond donors (Lipinski definition) is 0. The van der Waals surface area contributed by atoms with Gasteiger partial charge < -0.3 is 4.90 Å². The summed E-state index contributed by atoms with van der Waals surface area (Å²) in [7, 11) is 0. The zero-order chi connectivity index (χ0) is 25.2. The van der Waals surface area contributed by atoms with Crippen LogP contribution in [0, 0.1) is 25.7 Å². The van der Waals surface area contributed by atoms with Gasteiger partial charge in [0.15, 0.2) is 0 Å². The number of anilines is 3. The van der Waals surface area contributed by atoms with Gasteiger partial charge in [0.25, 0.3) is 0 Å². The summed E-state index contributed by atoms with van der Waals surface area (Å²) in [4.78, 5) is 2.31. The Morgan fingerprint density at radius 2 is 0.892 bits per heavy atom. The van der Waals surface area contributed by atoms with Crippen molar-refractivity contribution in [1.82, 2.24) is 0 Å². The SMILES string of the molecule is Cc1ccc(N(c2ccc(C)cc2)c2ccc(C=C3c4ccccc4C#Cc4ccccc43)cc2)cc1. The summed E-state index contributed by atoms with van der Waals surface area (Å²) in [6.45, 7) is 4.24. The highest BCUT2D eigenvalue weighted by Crippen LogP contribution is 2.36. The molecule has 1 heteroatoms. The minimum atomic E-state index is 1.06. The molecule has 6 rings (SSSR count). The van der Waals surface area contributed by atoms with Crippen LogP contribution in [0.15, 0.2) is 121 Å². The van der Waals surface area contributed by atoms with Gasteiger partial charge in [-0.1, -0.05) is 95.8 Å². The molecule has 0 heterocycles. The lowest BCUT2D eigenvalue weighted by Crippen LogP contribution is -2.09. The molecule has 0 aliphatic heterocycles. The van der Waals surface area contributed by atoms with Gasteiger partial charge in [0, 0.05) is 28.2 Å². The van der Waals surface area contributed by atoms with Gasteiger partial charge in [-0.25, -0.2) is 0 Å². The van der Waals surface area contributed by atoms with E-state index in [0.29, 0.717) is 0 Å². The smallest absolute Gasteiger partial charge is 0.0462 e. The molecule has 0 saturated carbocycles. The third-order valence-electron chi connectivity index (χ3n) is 6.81. The summed E-state index contributed by atoms with van der Waals surface area (Å²) in [6.07, 6.45) is 2.28. The van der Waals surface area contributed by atoms with E-state index >= 15 is 0 Å². The van der Waals surface area contributed by atoms with Crippen molar-refractivity contribution in [3.8, 4) is 11.8 Å². The van der Waals surface area contributed by atoms with Crippen LogP contribution in [0.1, 0.15) is 38.9 Å². The lowest BCUT2D eigenvalue weighted by atomic mass is 9.91. The maximum atomic E-state index is 3.37. The van der Waals surface area contributed by atoms with Crippen molar-refractivity contribution in [2.24, 2.45) is 0 Å². The van der Waals surface area contributed by atoms with E-state index in [2.05, 4.69) is 158 Å². The Hall–Kier alpha value is -4.80. The van der Waals surface area contributed by atoms with Crippen molar-refractivity contribution in [3.05, 3.63) is 160 Å². The molecule has 0 radical (unpaired) electrons. The zero-order valence-corrected chi connectivity index (χ0v) is 21.1. The normalized spacial score (nSPS) is 11.5. The standard InChI is InChI=1S/C36H27N/c1-26-11-19-31(20-12-26)37(32-21-13-27(2)14-22-32)33-23-15-28(16-24-33)25-36-34-9-5-3-7-29(34)17-18-30-8-4-6-10-35(30)36/h3-16,19-25H,1-2H3. The summed E-state index contributed by atoms with van der Waals surface area (Å²) >= 11 is 0. The highest BCUT2D eigenvalue weighted by molar-refractivity contribution is 5.96. The first-order valence-electron chi connectivity index (χ1n) is 12.6. The van der Waals surface area contributed by atoms with Gasteiger partial charge in [-0.2, -0.15) is 0 Å². The van der Waals surface area contributed by atoms with Crippen molar-refractivity contribution < 1.29 is 0 Å². The molecule has 1 aliphatic carbocycles. The van der Waals surface area contributed by atoms with E-state index in [1.165, 1.54) is 27.8 Å². The van der Waals surface area contributed by atoms with Gasteiger partial charge in [0.1, 0.15) is 0 Å². The Labute approximate surface area is 219 Å². The van der Waals surface area contributed by atoms with Gasteiger partial charge in [-0.15, -0.1) is 0 Å². The fourth-order valence-electron chi connectivity index (χ4n) is 4.81. The lowest BCUT2D eigenvalue weighted by Gasteiger charge is -2.26. The molecule has 1 nitrogen and oxygen atoms in total. The maximum absolute atomic E-state index is 3.37. The summed E-state index contributed by atoms with van der Waals surface area (Å²) < 4.78 is 0. The largest absolute Gasteiger partial charge is 0.311 e. The van der Waals surface area contributed by atoms with E-state index < -0.39 is 0 Å². The molecule has 176 valence electrons. The van der Waals surface area contributed by atoms with Crippen LogP contribution in [0.25, 0.3) is 11.6 Å². The van der Waals surface area contributed by atoms with Crippen LogP contribution in [0.5, 0.6) is 0 Å². The fourth-order valence-corrected chi connectivity index (χ4v) is 4.81. The second-order valence-electron chi connectivity index (χ2n) is 9.50. The van der Waals surface area contributed by atoms with Crippen molar-refractivity contribution >= 4 is 28.7 Å². The molecule has 0 N–H and O–H groups in total. The number of rotatable bonds is 4. The second-order valence-corrected chi connectivity index (χ2v) is 9.50. The molecule has 0 amide bonds. The highest BCUT2D eigenvalue weighted by Gasteiger charge is 2.16. The number of hydrogen-bond acceptors (Lipinski definition) is 1. The van der Waals surface area contributed by atoms with Crippen LogP contribution in [0.2, 0.25) is 0 Å². The number of aryl methyl sites for hydroxylation is 2. The third kappa shape index (κ3) is 4.58. The van der Waals surface area contributed by atoms with Crippen LogP contribution in [0.3, 0.4) is 0 Å². The Kier molecular flexibility index (Phi) is 5.93. The Bertz CT molecular complexity index is 1560. The first-order valence-corrected chi connectivity index (χ1v) is 12.6. The van der Waals surface area contributed by atoms with Crippen LogP contribution < -0.4 is 4.90 Å². The molecule has 0 fully saturated rings. The molecular weight excluding hydrogens is 446 g/mol. The van der Waals surface area contributed by atoms with Crippen LogP contribution in [-0.2, 0) is 0 Å². The monoisotopic (exact) mass is 473 g/mol. The zero-order valence-electron chi connectivity index (χ0n) is 21.1. The molecule has 0 bridgehead atoms. The Balaban J connectivity index is 1.43. The fraction of sp³-hybridized carbons (Fsp3) is 0.0556. The highest BCUT2D eigenvalue weighted by atomic mass is 15.1. The van der Waals surface area contributed by atoms with E-state index in [1.807, 2.05) is 0 Å². The Morgan fingerprint density at radius 1 is 0.486 bits per heavy atom. The molecule has 1 aliphatic rings. The third-order valence-corrected chi connectivity index (χ3v) is 6.81. The van der Waals surface area contributed by atoms with Gasteiger partial charge in [-0.3, -0.25) is 0 Å². The van der Waals surface area contributed by atoms with Gasteiger partial charge in [-0.05, 0) is 90.7 Å². The molecular formula is C36H27N. The first kappa shape index (κ1) is 22.7. The molecule has 0 saturated heterocycles. The van der Waals surface area contributed by atoms with E-state index in [4.69, 9.17) is 0 Å². The lowest BCUT2D eigenvalue weighted by molar-refractivity contribution is 1.27. The second kappa shape index (κ2) is 9.69. The van der Waals surface area contributed by atoms with Gasteiger partial charge in [0.2, 0.25) is 0 Å². The predicted octanol–water partition coefficient (Wildman–Crippen LogP) is 9.08. The molecule has 0 spiro atoms. The van der Waals surface area contributed by atoms with Crippen molar-refractivity contribution in [3.63, 3.8) is 0 Å². The number of fused-ring (bicyclic) bond motifs is 2. The predicted molar refractivity (Wildman–Crippen MR) is 156 cm³/mol. The first-order chi connectivity index (χ1) is 18.2. The molecule has 0 atom stereocenters. The molecule has 0 unspecified atom stereocenters. The summed E-state index contributed by atoms with van der Waals surface area (Å²) in [5.41, 5.74) is 12.7. The molecule has 5 aromatic rings. The van der Waals surface area contributed by atoms with Crippen LogP contribution in [0.4, 0.5) is 17.1 Å². The molecule has 5 aromatic carbocycles. The van der Waals surface area contributed by atoms with Crippen molar-refractivity contribution in [2.45, 2.75) is 13.8 Å². The van der Waals surface area contributed by atoms with Crippen molar-refractivity contribution in [2.75, 3.05) is 4.90 Å². The quantitative estimate of drug-likeness (QED) is 0.231. The average molecular weight is 474 g/mol. The summed E-state index contributed by atoms with van der Waals surface area (Å²) in [5.74, 6) is 6.74. The van der Waals surface area contributed by atoms with Crippen molar-refractivity contribution in [1.29, 1.82) is 0 Å². The van der Waals surface area contributed by atoms with Crippen LogP contribution >= 0.6 is 0 Å². The van der Waals surface area contributed by atoms with Gasteiger partial charge >= 0.3 is 0 Å². The maximum Gasteiger partial charge on any atom is 0.0462 e. The number of benzene rings is 5.